The number of phenolic OH excluding ortho intramolecular Hbond substituents is 3. The molecule has 1 amide bonds. The number of carbonyl (C=O) groups excluding carboxylic acids is 3. The SMILES string of the molecule is C=CCCCCO/N=C/c1c2c(O)c3c(O)c(C)c4c(c3c1O)C(=O)C(C)(O/C=C/C(OC)C(C)C(OC(C)=O)C(C)C(O)C(C)C(O)C(C)/C=C/C=C(\C)C(=O)N2)O4. The number of aliphatic hydroxyl groups excluding tert-OH is 2. The second-order valence-electron chi connectivity index (χ2n) is 15.5. The van der Waals surface area contributed by atoms with Crippen LogP contribution in [-0.2, 0) is 28.6 Å². The lowest BCUT2D eigenvalue weighted by molar-refractivity contribution is -0.160. The van der Waals surface area contributed by atoms with Crippen LogP contribution < -0.4 is 10.1 Å². The number of anilines is 1. The third-order valence-electron chi connectivity index (χ3n) is 11.2. The van der Waals surface area contributed by atoms with Crippen LogP contribution in [0.3, 0.4) is 0 Å². The number of amides is 1. The summed E-state index contributed by atoms with van der Waals surface area (Å²) in [6, 6.07) is 0. The highest BCUT2D eigenvalue weighted by Crippen LogP contribution is 2.55. The van der Waals surface area contributed by atoms with Crippen molar-refractivity contribution in [2.24, 2.45) is 28.8 Å². The molecule has 322 valence electrons. The lowest BCUT2D eigenvalue weighted by Gasteiger charge is -2.38. The van der Waals surface area contributed by atoms with E-state index in [0.29, 0.717) is 6.42 Å². The van der Waals surface area contributed by atoms with Gasteiger partial charge in [-0.25, -0.2) is 0 Å². The summed E-state index contributed by atoms with van der Waals surface area (Å²) in [5.41, 5.74) is -0.610. The Bertz CT molecular complexity index is 2040. The zero-order chi connectivity index (χ0) is 43.9. The molecule has 3 heterocycles. The lowest BCUT2D eigenvalue weighted by atomic mass is 9.78. The Morgan fingerprint density at radius 3 is 2.32 bits per heavy atom. The minimum atomic E-state index is -2.06. The molecule has 0 aromatic heterocycles. The molecule has 0 saturated carbocycles. The van der Waals surface area contributed by atoms with Gasteiger partial charge in [-0.3, -0.25) is 14.4 Å². The van der Waals surface area contributed by atoms with E-state index in [4.69, 9.17) is 23.8 Å². The molecule has 15 nitrogen and oxygen atoms in total. The molecule has 9 atom stereocenters. The van der Waals surface area contributed by atoms with Crippen molar-refractivity contribution >= 4 is 40.3 Å². The number of rotatable bonds is 9. The number of benzene rings is 2. The van der Waals surface area contributed by atoms with Gasteiger partial charge in [-0.2, -0.15) is 0 Å². The Morgan fingerprint density at radius 2 is 1.68 bits per heavy atom. The molecule has 0 aliphatic carbocycles. The molecule has 2 aromatic carbocycles. The van der Waals surface area contributed by atoms with Crippen molar-refractivity contribution in [2.75, 3.05) is 19.0 Å². The topological polar surface area (TPSA) is 223 Å². The Labute approximate surface area is 344 Å². The predicted molar refractivity (Wildman–Crippen MR) is 221 cm³/mol. The van der Waals surface area contributed by atoms with Crippen molar-refractivity contribution in [1.29, 1.82) is 0 Å². The number of nitrogens with one attached hydrogen (secondary N) is 1. The molecule has 0 fully saturated rings. The molecule has 5 rings (SSSR count). The number of ketones is 1. The number of fused-ring (bicyclic) bond motifs is 14. The minimum absolute atomic E-state index is 0.0332. The average molecular weight is 823 g/mol. The maximum Gasteiger partial charge on any atom is 0.312 e. The summed E-state index contributed by atoms with van der Waals surface area (Å²) in [6.45, 7) is 16.3. The summed E-state index contributed by atoms with van der Waals surface area (Å²) in [5.74, 6) is -8.64. The zero-order valence-electron chi connectivity index (χ0n) is 35.1. The van der Waals surface area contributed by atoms with Gasteiger partial charge in [0.05, 0.1) is 53.0 Å². The Kier molecular flexibility index (Phi) is 15.4. The number of hydrogen-bond acceptors (Lipinski definition) is 14. The fraction of sp³-hybridized carbons (Fsp3) is 0.500. The van der Waals surface area contributed by atoms with E-state index in [1.165, 1.54) is 53.2 Å². The first-order valence-electron chi connectivity index (χ1n) is 19.7. The quantitative estimate of drug-likeness (QED) is 0.0304. The number of phenols is 3. The number of aromatic hydroxyl groups is 3. The van der Waals surface area contributed by atoms with Gasteiger partial charge in [0.25, 0.3) is 11.7 Å². The van der Waals surface area contributed by atoms with Crippen molar-refractivity contribution in [3.05, 3.63) is 65.5 Å². The molecule has 3 aliphatic heterocycles. The van der Waals surface area contributed by atoms with E-state index in [1.54, 1.807) is 45.9 Å². The Morgan fingerprint density at radius 1 is 0.983 bits per heavy atom. The van der Waals surface area contributed by atoms with Crippen molar-refractivity contribution < 1.29 is 63.7 Å². The molecule has 9 unspecified atom stereocenters. The van der Waals surface area contributed by atoms with Crippen molar-refractivity contribution in [1.82, 2.24) is 0 Å². The van der Waals surface area contributed by atoms with E-state index in [1.807, 2.05) is 0 Å². The molecule has 5 bridgehead atoms. The maximum absolute atomic E-state index is 14.4. The van der Waals surface area contributed by atoms with E-state index in [2.05, 4.69) is 17.1 Å². The number of unbranched alkanes of at least 4 members (excludes halogenated alkanes) is 2. The van der Waals surface area contributed by atoms with Gasteiger partial charge in [0, 0.05) is 61.2 Å². The number of carbonyl (C=O) groups is 3. The number of methoxy groups -OCH3 is 1. The van der Waals surface area contributed by atoms with E-state index in [0.717, 1.165) is 19.1 Å². The first kappa shape index (κ1) is 46.3. The van der Waals surface area contributed by atoms with Crippen LogP contribution in [0.15, 0.2) is 53.9 Å². The van der Waals surface area contributed by atoms with E-state index < -0.39 is 88.8 Å². The summed E-state index contributed by atoms with van der Waals surface area (Å²) in [7, 11) is 1.43. The molecule has 0 radical (unpaired) electrons. The number of aliphatic hydroxyl groups is 2. The largest absolute Gasteiger partial charge is 0.507 e. The van der Waals surface area contributed by atoms with Crippen LogP contribution in [0.1, 0.15) is 89.2 Å². The summed E-state index contributed by atoms with van der Waals surface area (Å²) >= 11 is 0. The van der Waals surface area contributed by atoms with Crippen molar-refractivity contribution in [3.8, 4) is 23.0 Å². The third-order valence-corrected chi connectivity index (χ3v) is 11.2. The number of ether oxygens (including phenoxy) is 4. The first-order valence-corrected chi connectivity index (χ1v) is 19.7. The van der Waals surface area contributed by atoms with Crippen LogP contribution in [0.25, 0.3) is 10.8 Å². The second kappa shape index (κ2) is 19.6. The van der Waals surface area contributed by atoms with Crippen LogP contribution >= 0.6 is 0 Å². The zero-order valence-corrected chi connectivity index (χ0v) is 35.1. The van der Waals surface area contributed by atoms with Gasteiger partial charge in [0.1, 0.15) is 30.0 Å². The van der Waals surface area contributed by atoms with Gasteiger partial charge in [0.2, 0.25) is 0 Å². The van der Waals surface area contributed by atoms with Gasteiger partial charge < -0.3 is 54.6 Å². The van der Waals surface area contributed by atoms with E-state index in [-0.39, 0.29) is 51.1 Å². The number of allylic oxidation sites excluding steroid dienone is 3. The number of oxime groups is 1. The fourth-order valence-electron chi connectivity index (χ4n) is 7.47. The molecule has 15 heteroatoms. The van der Waals surface area contributed by atoms with Crippen molar-refractivity contribution in [2.45, 2.75) is 105 Å². The molecule has 2 aromatic rings. The first-order chi connectivity index (χ1) is 27.8. The normalized spacial score (nSPS) is 30.0. The highest BCUT2D eigenvalue weighted by atomic mass is 16.7. The van der Waals surface area contributed by atoms with Gasteiger partial charge in [-0.05, 0) is 39.2 Å². The summed E-state index contributed by atoms with van der Waals surface area (Å²) < 4.78 is 23.5. The molecular weight excluding hydrogens is 764 g/mol. The number of hydrogen-bond donors (Lipinski definition) is 6. The number of nitrogens with zero attached hydrogens (tertiary/aromatic N) is 1. The van der Waals surface area contributed by atoms with Crippen LogP contribution in [-0.4, -0.2) is 93.3 Å². The smallest absolute Gasteiger partial charge is 0.312 e. The predicted octanol–water partition coefficient (Wildman–Crippen LogP) is 6.46. The summed E-state index contributed by atoms with van der Waals surface area (Å²) in [6.07, 6.45) is 8.51. The van der Waals surface area contributed by atoms with Crippen LogP contribution in [0.2, 0.25) is 0 Å². The van der Waals surface area contributed by atoms with E-state index >= 15 is 0 Å². The molecule has 3 aliphatic rings. The average Bonchev–Trinajstić information content (AvgIpc) is 3.46. The third kappa shape index (κ3) is 9.75. The molecule has 6 N–H and O–H groups in total. The molecular formula is C44H58N2O13. The van der Waals surface area contributed by atoms with E-state index in [9.17, 15) is 39.9 Å². The monoisotopic (exact) mass is 822 g/mol. The molecule has 59 heavy (non-hydrogen) atoms. The highest BCUT2D eigenvalue weighted by Gasteiger charge is 2.50. The summed E-state index contributed by atoms with van der Waals surface area (Å²) in [5, 5.41) is 64.0. The molecule has 0 spiro atoms. The molecule has 0 saturated heterocycles. The van der Waals surface area contributed by atoms with Gasteiger partial charge in [-0.1, -0.05) is 57.2 Å². The Hall–Kier alpha value is -5.38. The minimum Gasteiger partial charge on any atom is -0.507 e. The van der Waals surface area contributed by atoms with Crippen molar-refractivity contribution in [3.63, 3.8) is 0 Å². The Balaban J connectivity index is 1.94. The highest BCUT2D eigenvalue weighted by molar-refractivity contribution is 6.23. The van der Waals surface area contributed by atoms with Gasteiger partial charge >= 0.3 is 11.8 Å². The standard InChI is InChI=1S/C44H58N2O13/c1-11-12-13-14-19-57-45-21-29-34-39(52)32-31(38(29)51)33-41(27(7)37(32)50)59-44(9,42(33)53)56-20-18-30(55-10)24(4)40(58-28(8)47)26(6)36(49)25(5)35(48)22(2)16-15-17-23(3)43(54)46-34/h11,15-18,20-22,24-26,30,35-36,40,48-52H,1,12-14,19H2,2-10H3,(H,46,54)/b16-15+,20-18+,23-17+,45-21+. The maximum atomic E-state index is 14.4. The van der Waals surface area contributed by atoms with Gasteiger partial charge in [-0.15, -0.1) is 6.58 Å². The number of Topliss-reactive ketones (excluding diaryl/α,β-unsaturated/α-hetero) is 1. The van der Waals surface area contributed by atoms with Crippen LogP contribution in [0, 0.1) is 30.6 Å². The fourth-order valence-corrected chi connectivity index (χ4v) is 7.47. The van der Waals surface area contributed by atoms with Crippen LogP contribution in [0.4, 0.5) is 5.69 Å². The number of esters is 1. The summed E-state index contributed by atoms with van der Waals surface area (Å²) in [4.78, 5) is 45.7. The lowest BCUT2D eigenvalue weighted by Crippen LogP contribution is -2.46. The van der Waals surface area contributed by atoms with Crippen LogP contribution in [0.5, 0.6) is 23.0 Å². The van der Waals surface area contributed by atoms with Gasteiger partial charge in [0.15, 0.2) is 5.75 Å². The second-order valence-corrected chi connectivity index (χ2v) is 15.5.